The van der Waals surface area contributed by atoms with Gasteiger partial charge in [0, 0.05) is 21.9 Å². The van der Waals surface area contributed by atoms with Crippen molar-refractivity contribution in [1.82, 2.24) is 4.98 Å². The number of nitrogens with two attached hydrogens (primary N) is 1. The number of carbonyl (C=O) groups excluding carboxylic acids is 1. The van der Waals surface area contributed by atoms with Crippen LogP contribution in [0.15, 0.2) is 20.1 Å². The molecule has 0 saturated carbocycles. The van der Waals surface area contributed by atoms with E-state index in [0.29, 0.717) is 10.0 Å². The van der Waals surface area contributed by atoms with Crippen molar-refractivity contribution in [2.45, 2.75) is 62.3 Å². The highest BCUT2D eigenvalue weighted by molar-refractivity contribution is 7.87. The molecular weight excluding hydrogens is 380 g/mol. The van der Waals surface area contributed by atoms with Gasteiger partial charge in [0.05, 0.1) is 5.69 Å². The molecule has 1 atom stereocenters. The van der Waals surface area contributed by atoms with Gasteiger partial charge in [-0.2, -0.15) is 0 Å². The summed E-state index contributed by atoms with van der Waals surface area (Å²) in [5.41, 5.74) is 5.76. The molecule has 1 heterocycles. The third-order valence-corrected chi connectivity index (χ3v) is 7.42. The Hall–Kier alpha value is -1.61. The predicted molar refractivity (Wildman–Crippen MR) is 109 cm³/mol. The summed E-state index contributed by atoms with van der Waals surface area (Å²) in [5.74, 6) is 0. The maximum atomic E-state index is 12.6. The van der Waals surface area contributed by atoms with E-state index in [4.69, 9.17) is 5.14 Å². The predicted octanol–water partition coefficient (Wildman–Crippen LogP) is 3.61. The maximum Gasteiger partial charge on any atom is 0.352 e. The Morgan fingerprint density at radius 1 is 1.26 bits per heavy atom. The number of nitrogens with one attached hydrogen (secondary N) is 1. The molecule has 4 N–H and O–H groups in total. The molecule has 2 aliphatic carbocycles. The van der Waals surface area contributed by atoms with Crippen LogP contribution in [0.3, 0.4) is 0 Å². The molecule has 0 radical (unpaired) electrons. The van der Waals surface area contributed by atoms with Gasteiger partial charge in [-0.3, -0.25) is 5.14 Å². The van der Waals surface area contributed by atoms with Crippen molar-refractivity contribution in [3.8, 4) is 0 Å². The lowest BCUT2D eigenvalue weighted by molar-refractivity contribution is 0.0741. The number of benzene rings is 1. The van der Waals surface area contributed by atoms with Crippen molar-refractivity contribution >= 4 is 33.9 Å². The average Bonchev–Trinajstić information content (AvgIpc) is 3.33. The molecule has 2 amide bonds. The number of thiazole rings is 1. The van der Waals surface area contributed by atoms with Crippen LogP contribution in [0.25, 0.3) is 0 Å². The zero-order chi connectivity index (χ0) is 19.2. The van der Waals surface area contributed by atoms with Gasteiger partial charge in [-0.15, -0.1) is 15.7 Å². The number of hydrogen-bond acceptors (Lipinski definition) is 4. The van der Waals surface area contributed by atoms with Gasteiger partial charge < -0.3 is 10.4 Å². The van der Waals surface area contributed by atoms with Crippen LogP contribution in [0.2, 0.25) is 0 Å². The number of aromatic nitrogens is 1. The molecule has 0 saturated heterocycles. The lowest BCUT2D eigenvalue weighted by Gasteiger charge is -2.15. The number of rotatable bonds is 3. The molecule has 0 aliphatic heterocycles. The van der Waals surface area contributed by atoms with Gasteiger partial charge in [0.2, 0.25) is 0 Å². The fourth-order valence-electron chi connectivity index (χ4n) is 3.86. The first-order valence-electron chi connectivity index (χ1n) is 9.19. The smallest absolute Gasteiger partial charge is 0.352 e. The van der Waals surface area contributed by atoms with E-state index in [2.05, 4.69) is 20.7 Å². The summed E-state index contributed by atoms with van der Waals surface area (Å²) in [4.78, 5) is 16.9. The van der Waals surface area contributed by atoms with Gasteiger partial charge >= 0.3 is 6.03 Å². The van der Waals surface area contributed by atoms with Gasteiger partial charge in [-0.25, -0.2) is 9.78 Å². The second-order valence-electron chi connectivity index (χ2n) is 7.63. The third-order valence-electron chi connectivity index (χ3n) is 5.18. The Bertz CT molecular complexity index is 912. The van der Waals surface area contributed by atoms with Gasteiger partial charge in [-0.05, 0) is 74.6 Å². The third kappa shape index (κ3) is 3.71. The lowest BCUT2D eigenvalue weighted by atomic mass is 9.99. The van der Waals surface area contributed by atoms with E-state index in [1.165, 1.54) is 33.6 Å². The number of anilines is 1. The molecule has 6 nitrogen and oxygen atoms in total. The van der Waals surface area contributed by atoms with Crippen molar-refractivity contribution in [1.29, 1.82) is 0 Å². The summed E-state index contributed by atoms with van der Waals surface area (Å²) < 4.78 is 4.66. The first kappa shape index (κ1) is 18.7. The minimum absolute atomic E-state index is 0.421. The molecule has 2 aromatic rings. The number of carbonyl (C=O) groups is 1. The van der Waals surface area contributed by atoms with Crippen molar-refractivity contribution in [3.05, 3.63) is 39.4 Å². The molecule has 2 aliphatic rings. The van der Waals surface area contributed by atoms with E-state index in [1.807, 2.05) is 0 Å². The number of amides is 2. The number of hydrogen-bond donors (Lipinski definition) is 3. The zero-order valence-corrected chi connectivity index (χ0v) is 17.2. The van der Waals surface area contributed by atoms with Crippen molar-refractivity contribution in [2.75, 3.05) is 5.32 Å². The second-order valence-corrected chi connectivity index (χ2v) is 9.94. The van der Waals surface area contributed by atoms with Gasteiger partial charge in [0.25, 0.3) is 0 Å². The summed E-state index contributed by atoms with van der Waals surface area (Å²) in [6.07, 6.45) is 6.46. The van der Waals surface area contributed by atoms with Crippen LogP contribution < -0.4 is 10.5 Å². The molecular formula is C19H24N4O2S2. The van der Waals surface area contributed by atoms with Crippen molar-refractivity contribution in [2.24, 2.45) is 9.50 Å². The first-order valence-corrected chi connectivity index (χ1v) is 11.3. The van der Waals surface area contributed by atoms with Crippen molar-refractivity contribution < 1.29 is 9.90 Å². The van der Waals surface area contributed by atoms with E-state index >= 15 is 0 Å². The zero-order valence-electron chi connectivity index (χ0n) is 15.5. The van der Waals surface area contributed by atoms with E-state index in [9.17, 15) is 9.90 Å². The SMILES string of the molecule is CC(C)(O)c1csc(S(N)=NC(=O)Nc2c3c(cc4c2CCC4)CCC3)n1. The van der Waals surface area contributed by atoms with E-state index in [0.717, 1.165) is 44.2 Å². The number of aliphatic hydroxyl groups is 1. The normalized spacial score (nSPS) is 17.0. The molecule has 1 unspecified atom stereocenters. The van der Waals surface area contributed by atoms with Crippen LogP contribution in [0.5, 0.6) is 0 Å². The quantitative estimate of drug-likeness (QED) is 0.727. The average molecular weight is 405 g/mol. The van der Waals surface area contributed by atoms with Crippen molar-refractivity contribution in [3.63, 3.8) is 0 Å². The van der Waals surface area contributed by atoms with E-state index in [1.54, 1.807) is 19.2 Å². The fourth-order valence-corrected chi connectivity index (χ4v) is 5.71. The Morgan fingerprint density at radius 3 is 2.44 bits per heavy atom. The Morgan fingerprint density at radius 2 is 1.89 bits per heavy atom. The van der Waals surface area contributed by atoms with Gasteiger partial charge in [0.15, 0.2) is 4.34 Å². The largest absolute Gasteiger partial charge is 0.384 e. The molecule has 1 aromatic heterocycles. The topological polar surface area (TPSA) is 101 Å². The van der Waals surface area contributed by atoms with Crippen LogP contribution in [-0.2, 0) is 42.2 Å². The van der Waals surface area contributed by atoms with E-state index < -0.39 is 22.5 Å². The highest BCUT2D eigenvalue weighted by Crippen LogP contribution is 2.38. The van der Waals surface area contributed by atoms with Gasteiger partial charge in [0.1, 0.15) is 5.60 Å². The highest BCUT2D eigenvalue weighted by Gasteiger charge is 2.25. The number of fused-ring (bicyclic) bond motifs is 2. The summed E-state index contributed by atoms with van der Waals surface area (Å²) in [6.45, 7) is 3.34. The first-order chi connectivity index (χ1) is 12.8. The summed E-state index contributed by atoms with van der Waals surface area (Å²) in [7, 11) is -1.14. The highest BCUT2D eigenvalue weighted by atomic mass is 32.2. The summed E-state index contributed by atoms with van der Waals surface area (Å²) in [5, 5.41) is 20.9. The van der Waals surface area contributed by atoms with Crippen LogP contribution in [0.4, 0.5) is 10.5 Å². The molecule has 1 aromatic carbocycles. The van der Waals surface area contributed by atoms with Crippen LogP contribution in [0.1, 0.15) is 54.6 Å². The fraction of sp³-hybridized carbons (Fsp3) is 0.474. The molecule has 144 valence electrons. The summed E-state index contributed by atoms with van der Waals surface area (Å²) in [6, 6.07) is 1.91. The molecule has 27 heavy (non-hydrogen) atoms. The Balaban J connectivity index is 1.58. The molecule has 8 heteroatoms. The molecule has 0 bridgehead atoms. The van der Waals surface area contributed by atoms with Crippen LogP contribution >= 0.6 is 11.3 Å². The minimum atomic E-state index is -1.14. The second kappa shape index (κ2) is 7.09. The number of nitrogens with zero attached hydrogens (tertiary/aromatic N) is 2. The number of urea groups is 1. The van der Waals surface area contributed by atoms with Crippen LogP contribution in [0, 0.1) is 0 Å². The Kier molecular flexibility index (Phi) is 4.92. The lowest BCUT2D eigenvalue weighted by Crippen LogP contribution is -2.17. The molecule has 4 rings (SSSR count). The minimum Gasteiger partial charge on any atom is -0.384 e. The van der Waals surface area contributed by atoms with Gasteiger partial charge in [-0.1, -0.05) is 6.07 Å². The Labute approximate surface area is 165 Å². The molecule has 0 spiro atoms. The van der Waals surface area contributed by atoms with E-state index in [-0.39, 0.29) is 0 Å². The number of aryl methyl sites for hydroxylation is 2. The summed E-state index contributed by atoms with van der Waals surface area (Å²) >= 11 is 1.32. The van der Waals surface area contributed by atoms with Crippen LogP contribution in [-0.4, -0.2) is 16.1 Å². The maximum absolute atomic E-state index is 12.6. The molecule has 0 fully saturated rings. The standard InChI is InChI=1S/C19H24N4O2S2/c1-19(2,25)15-10-26-18(21-15)27(20)23-17(24)22-16-13-7-3-5-11(13)9-12-6-4-8-14(12)16/h9-10,25H,3-8H2,1-2H3,(H3,20,22,23,24). The monoisotopic (exact) mass is 404 g/mol.